The summed E-state index contributed by atoms with van der Waals surface area (Å²) in [4.78, 5) is 11.8. The summed E-state index contributed by atoms with van der Waals surface area (Å²) < 4.78 is 13.1. The molecule has 0 heterocycles. The fraction of sp³-hybridized carbons (Fsp3) is 0.316. The summed E-state index contributed by atoms with van der Waals surface area (Å²) in [6.07, 6.45) is 0.172. The molecular formula is C19H23FN2O2. The van der Waals surface area contributed by atoms with Crippen molar-refractivity contribution in [2.24, 2.45) is 0 Å². The van der Waals surface area contributed by atoms with Gasteiger partial charge in [0.15, 0.2) is 0 Å². The molecule has 4 nitrogen and oxygen atoms in total. The van der Waals surface area contributed by atoms with Crippen molar-refractivity contribution in [3.05, 3.63) is 71.0 Å². The molecule has 5 heteroatoms. The highest BCUT2D eigenvalue weighted by Crippen LogP contribution is 2.13. The number of benzene rings is 2. The van der Waals surface area contributed by atoms with Crippen LogP contribution in [0, 0.1) is 5.82 Å². The van der Waals surface area contributed by atoms with E-state index in [1.165, 1.54) is 12.1 Å². The van der Waals surface area contributed by atoms with Crippen LogP contribution < -0.4 is 10.6 Å². The van der Waals surface area contributed by atoms with Gasteiger partial charge >= 0.3 is 0 Å². The maximum absolute atomic E-state index is 13.1. The number of aliphatic hydroxyl groups is 1. The third-order valence-corrected chi connectivity index (χ3v) is 3.79. The third-order valence-electron chi connectivity index (χ3n) is 3.79. The topological polar surface area (TPSA) is 61.4 Å². The van der Waals surface area contributed by atoms with Gasteiger partial charge in [0.05, 0.1) is 13.0 Å². The van der Waals surface area contributed by atoms with Gasteiger partial charge in [-0.15, -0.1) is 0 Å². The molecule has 128 valence electrons. The Morgan fingerprint density at radius 1 is 1.12 bits per heavy atom. The molecule has 1 unspecified atom stereocenters. The molecule has 0 saturated carbocycles. The normalized spacial score (nSPS) is 12.0. The van der Waals surface area contributed by atoms with E-state index >= 15 is 0 Å². The summed E-state index contributed by atoms with van der Waals surface area (Å²) in [6.45, 7) is 3.18. The van der Waals surface area contributed by atoms with Crippen molar-refractivity contribution in [3.8, 4) is 0 Å². The minimum absolute atomic E-state index is 0.0245. The Morgan fingerprint density at radius 2 is 1.88 bits per heavy atom. The molecule has 0 aliphatic heterocycles. The molecule has 0 saturated heterocycles. The quantitative estimate of drug-likeness (QED) is 0.651. The molecule has 2 rings (SSSR count). The molecular weight excluding hydrogens is 307 g/mol. The molecule has 1 atom stereocenters. The molecule has 0 aliphatic carbocycles. The number of rotatable bonds is 8. The molecule has 3 N–H and O–H groups in total. The Hall–Kier alpha value is -2.24. The first-order valence-electron chi connectivity index (χ1n) is 8.02. The highest BCUT2D eigenvalue weighted by atomic mass is 19.1. The van der Waals surface area contributed by atoms with Crippen molar-refractivity contribution in [2.45, 2.75) is 26.0 Å². The largest absolute Gasteiger partial charge is 0.392 e. The van der Waals surface area contributed by atoms with Crippen LogP contribution in [0.4, 0.5) is 4.39 Å². The van der Waals surface area contributed by atoms with E-state index in [1.54, 1.807) is 12.1 Å². The van der Waals surface area contributed by atoms with E-state index in [4.69, 9.17) is 5.11 Å². The van der Waals surface area contributed by atoms with Crippen molar-refractivity contribution in [2.75, 3.05) is 13.1 Å². The van der Waals surface area contributed by atoms with Crippen molar-refractivity contribution < 1.29 is 14.3 Å². The molecule has 0 fully saturated rings. The maximum Gasteiger partial charge on any atom is 0.224 e. The monoisotopic (exact) mass is 330 g/mol. The van der Waals surface area contributed by atoms with Crippen LogP contribution in [0.2, 0.25) is 0 Å². The third kappa shape index (κ3) is 5.76. The number of carbonyl (C=O) groups excluding carboxylic acids is 1. The van der Waals surface area contributed by atoms with Crippen molar-refractivity contribution in [3.63, 3.8) is 0 Å². The highest BCUT2D eigenvalue weighted by molar-refractivity contribution is 5.78. The van der Waals surface area contributed by atoms with Gasteiger partial charge in [0.2, 0.25) is 5.91 Å². The Bertz CT molecular complexity index is 676. The van der Waals surface area contributed by atoms with E-state index in [0.29, 0.717) is 18.7 Å². The van der Waals surface area contributed by atoms with Crippen LogP contribution in [0.3, 0.4) is 0 Å². The zero-order valence-electron chi connectivity index (χ0n) is 13.8. The van der Waals surface area contributed by atoms with E-state index in [2.05, 4.69) is 10.6 Å². The summed E-state index contributed by atoms with van der Waals surface area (Å²) >= 11 is 0. The van der Waals surface area contributed by atoms with Gasteiger partial charge in [0.25, 0.3) is 0 Å². The molecule has 1 amide bonds. The van der Waals surface area contributed by atoms with Crippen LogP contribution in [0.1, 0.15) is 29.7 Å². The zero-order chi connectivity index (χ0) is 17.4. The highest BCUT2D eigenvalue weighted by Gasteiger charge is 2.06. The van der Waals surface area contributed by atoms with Gasteiger partial charge in [-0.25, -0.2) is 4.39 Å². The van der Waals surface area contributed by atoms with Crippen LogP contribution in [0.15, 0.2) is 48.5 Å². The second-order valence-electron chi connectivity index (χ2n) is 5.74. The Labute approximate surface area is 141 Å². The number of carbonyl (C=O) groups is 1. The van der Waals surface area contributed by atoms with Gasteiger partial charge < -0.3 is 15.7 Å². The fourth-order valence-corrected chi connectivity index (χ4v) is 2.46. The molecule has 0 aliphatic rings. The van der Waals surface area contributed by atoms with Gasteiger partial charge in [0.1, 0.15) is 5.82 Å². The summed E-state index contributed by atoms with van der Waals surface area (Å²) in [5.41, 5.74) is 2.63. The Kier molecular flexibility index (Phi) is 6.90. The van der Waals surface area contributed by atoms with E-state index in [0.717, 1.165) is 11.1 Å². The summed E-state index contributed by atoms with van der Waals surface area (Å²) in [5.74, 6) is -0.460. The lowest BCUT2D eigenvalue weighted by molar-refractivity contribution is -0.120. The van der Waals surface area contributed by atoms with Crippen LogP contribution >= 0.6 is 0 Å². The standard InChI is InChI=1S/C19H23FN2O2/c1-14(17-6-2-5-16(10-17)13-23)21-8-9-22-19(24)12-15-4-3-7-18(20)11-15/h2-7,10-11,14,21,23H,8-9,12-13H2,1H3,(H,22,24). The van der Waals surface area contributed by atoms with Gasteiger partial charge in [-0.1, -0.05) is 36.4 Å². The molecule has 2 aromatic rings. The number of hydrogen-bond acceptors (Lipinski definition) is 3. The maximum atomic E-state index is 13.1. The van der Waals surface area contributed by atoms with Gasteiger partial charge in [-0.2, -0.15) is 0 Å². The average molecular weight is 330 g/mol. The molecule has 0 bridgehead atoms. The number of nitrogens with one attached hydrogen (secondary N) is 2. The number of halogens is 1. The molecule has 24 heavy (non-hydrogen) atoms. The smallest absolute Gasteiger partial charge is 0.224 e. The van der Waals surface area contributed by atoms with E-state index in [-0.39, 0.29) is 30.8 Å². The Morgan fingerprint density at radius 3 is 2.62 bits per heavy atom. The minimum Gasteiger partial charge on any atom is -0.392 e. The lowest BCUT2D eigenvalue weighted by Gasteiger charge is -2.15. The second-order valence-corrected chi connectivity index (χ2v) is 5.74. The van der Waals surface area contributed by atoms with E-state index in [1.807, 2.05) is 31.2 Å². The number of hydrogen-bond donors (Lipinski definition) is 3. The van der Waals surface area contributed by atoms with Crippen molar-refractivity contribution >= 4 is 5.91 Å². The van der Waals surface area contributed by atoms with Gasteiger partial charge in [-0.3, -0.25) is 4.79 Å². The zero-order valence-corrected chi connectivity index (χ0v) is 13.8. The minimum atomic E-state index is -0.332. The molecule has 2 aromatic carbocycles. The van der Waals surface area contributed by atoms with Crippen LogP contribution in [0.5, 0.6) is 0 Å². The first-order chi connectivity index (χ1) is 11.6. The fourth-order valence-electron chi connectivity index (χ4n) is 2.46. The van der Waals surface area contributed by atoms with E-state index < -0.39 is 0 Å². The molecule has 0 aromatic heterocycles. The molecule has 0 radical (unpaired) electrons. The van der Waals surface area contributed by atoms with Gasteiger partial charge in [-0.05, 0) is 35.7 Å². The van der Waals surface area contributed by atoms with Crippen molar-refractivity contribution in [1.82, 2.24) is 10.6 Å². The van der Waals surface area contributed by atoms with Crippen molar-refractivity contribution in [1.29, 1.82) is 0 Å². The molecule has 0 spiro atoms. The number of aliphatic hydroxyl groups excluding tert-OH is 1. The number of amides is 1. The van der Waals surface area contributed by atoms with Crippen LogP contribution in [-0.4, -0.2) is 24.1 Å². The van der Waals surface area contributed by atoms with E-state index in [9.17, 15) is 9.18 Å². The lowest BCUT2D eigenvalue weighted by Crippen LogP contribution is -2.33. The first-order valence-corrected chi connectivity index (χ1v) is 8.02. The predicted octanol–water partition coefficient (Wildman–Crippen LogP) is 2.33. The first kappa shape index (κ1) is 18.1. The van der Waals surface area contributed by atoms with Crippen LogP contribution in [-0.2, 0) is 17.8 Å². The van der Waals surface area contributed by atoms with Gasteiger partial charge in [0, 0.05) is 19.1 Å². The lowest BCUT2D eigenvalue weighted by atomic mass is 10.1. The predicted molar refractivity (Wildman–Crippen MR) is 91.9 cm³/mol. The summed E-state index contributed by atoms with van der Waals surface area (Å²) in [7, 11) is 0. The average Bonchev–Trinajstić information content (AvgIpc) is 2.58. The summed E-state index contributed by atoms with van der Waals surface area (Å²) in [6, 6.07) is 13.9. The van der Waals surface area contributed by atoms with Crippen LogP contribution in [0.25, 0.3) is 0 Å². The second kappa shape index (κ2) is 9.15. The summed E-state index contributed by atoms with van der Waals surface area (Å²) in [5, 5.41) is 15.3. The SMILES string of the molecule is CC(NCCNC(=O)Cc1cccc(F)c1)c1cccc(CO)c1. The Balaban J connectivity index is 1.71.